The number of benzene rings is 2. The van der Waals surface area contributed by atoms with Gasteiger partial charge in [-0.2, -0.15) is 4.98 Å². The molecule has 1 aliphatic rings. The molecule has 7 nitrogen and oxygen atoms in total. The molecule has 1 amide bonds. The van der Waals surface area contributed by atoms with Crippen LogP contribution in [0, 0.1) is 5.92 Å². The quantitative estimate of drug-likeness (QED) is 0.634. The number of likely N-dealkylation sites (tertiary alicyclic amines) is 1. The zero-order chi connectivity index (χ0) is 20.9. The summed E-state index contributed by atoms with van der Waals surface area (Å²) in [5, 5.41) is 7.62. The topological polar surface area (TPSA) is 80.5 Å². The second-order valence-corrected chi connectivity index (χ2v) is 7.67. The van der Waals surface area contributed by atoms with Gasteiger partial charge in [0, 0.05) is 23.2 Å². The van der Waals surface area contributed by atoms with Crippen LogP contribution in [0.4, 0.5) is 5.69 Å². The average molecular weight is 427 g/mol. The van der Waals surface area contributed by atoms with Crippen LogP contribution in [0.25, 0.3) is 11.4 Å². The Labute approximate surface area is 180 Å². The van der Waals surface area contributed by atoms with Crippen molar-refractivity contribution in [3.05, 3.63) is 59.4 Å². The Balaban J connectivity index is 1.29. The van der Waals surface area contributed by atoms with Crippen molar-refractivity contribution < 1.29 is 14.1 Å². The molecule has 1 aliphatic heterocycles. The van der Waals surface area contributed by atoms with Crippen molar-refractivity contribution in [2.45, 2.75) is 19.4 Å². The van der Waals surface area contributed by atoms with Gasteiger partial charge >= 0.3 is 0 Å². The van der Waals surface area contributed by atoms with Crippen LogP contribution in [0.3, 0.4) is 0 Å². The molecular weight excluding hydrogens is 404 g/mol. The number of amides is 1. The van der Waals surface area contributed by atoms with Gasteiger partial charge in [-0.3, -0.25) is 9.69 Å². The molecule has 30 heavy (non-hydrogen) atoms. The molecule has 1 fully saturated rings. The highest BCUT2D eigenvalue weighted by atomic mass is 35.5. The Morgan fingerprint density at radius 1 is 1.23 bits per heavy atom. The smallest absolute Gasteiger partial charge is 0.241 e. The van der Waals surface area contributed by atoms with Crippen molar-refractivity contribution in [3.63, 3.8) is 0 Å². The van der Waals surface area contributed by atoms with Gasteiger partial charge in [0.2, 0.25) is 17.6 Å². The Bertz CT molecular complexity index is 1010. The Kier molecular flexibility index (Phi) is 6.30. The first-order chi connectivity index (χ1) is 14.6. The minimum Gasteiger partial charge on any atom is -0.497 e. The summed E-state index contributed by atoms with van der Waals surface area (Å²) in [5.41, 5.74) is 1.50. The van der Waals surface area contributed by atoms with Crippen molar-refractivity contribution in [1.29, 1.82) is 0 Å². The molecule has 0 bridgehead atoms. The fraction of sp³-hybridized carbons (Fsp3) is 0.318. The molecule has 1 saturated heterocycles. The summed E-state index contributed by atoms with van der Waals surface area (Å²) >= 11 is 6.20. The molecule has 0 radical (unpaired) electrons. The summed E-state index contributed by atoms with van der Waals surface area (Å²) in [6.45, 7) is 2.14. The lowest BCUT2D eigenvalue weighted by molar-refractivity contribution is -0.121. The van der Waals surface area contributed by atoms with Crippen molar-refractivity contribution in [2.75, 3.05) is 25.5 Å². The normalized spacial score (nSPS) is 15.1. The zero-order valence-corrected chi connectivity index (χ0v) is 17.4. The maximum absolute atomic E-state index is 12.6. The number of hydrogen-bond acceptors (Lipinski definition) is 6. The van der Waals surface area contributed by atoms with E-state index >= 15 is 0 Å². The van der Waals surface area contributed by atoms with Gasteiger partial charge in [-0.1, -0.05) is 35.0 Å². The van der Waals surface area contributed by atoms with Gasteiger partial charge < -0.3 is 14.6 Å². The number of nitrogens with zero attached hydrogens (tertiary/aromatic N) is 3. The number of carbonyl (C=O) groups excluding carboxylic acids is 1. The maximum Gasteiger partial charge on any atom is 0.241 e. The molecule has 2 heterocycles. The summed E-state index contributed by atoms with van der Waals surface area (Å²) in [7, 11) is 1.61. The summed E-state index contributed by atoms with van der Waals surface area (Å²) in [5.74, 6) is 1.78. The van der Waals surface area contributed by atoms with Crippen LogP contribution in [0.1, 0.15) is 18.7 Å². The molecule has 0 unspecified atom stereocenters. The molecule has 156 valence electrons. The Hall–Kier alpha value is -2.90. The monoisotopic (exact) mass is 426 g/mol. The first-order valence-corrected chi connectivity index (χ1v) is 10.2. The number of rotatable bonds is 6. The van der Waals surface area contributed by atoms with Gasteiger partial charge in [-0.05, 0) is 50.2 Å². The lowest BCUT2D eigenvalue weighted by Gasteiger charge is -2.30. The molecular formula is C22H23ClN4O3. The summed E-state index contributed by atoms with van der Waals surface area (Å²) in [6, 6.07) is 14.8. The number of anilines is 1. The van der Waals surface area contributed by atoms with Gasteiger partial charge in [0.15, 0.2) is 0 Å². The second-order valence-electron chi connectivity index (χ2n) is 7.26. The van der Waals surface area contributed by atoms with E-state index in [4.69, 9.17) is 20.9 Å². The first-order valence-electron chi connectivity index (χ1n) is 9.87. The van der Waals surface area contributed by atoms with Crippen LogP contribution in [-0.4, -0.2) is 41.1 Å². The summed E-state index contributed by atoms with van der Waals surface area (Å²) < 4.78 is 10.6. The van der Waals surface area contributed by atoms with E-state index in [2.05, 4.69) is 20.4 Å². The van der Waals surface area contributed by atoms with Gasteiger partial charge in [-0.15, -0.1) is 0 Å². The highest BCUT2D eigenvalue weighted by Gasteiger charge is 2.26. The van der Waals surface area contributed by atoms with E-state index in [0.29, 0.717) is 23.3 Å². The minimum atomic E-state index is -0.0196. The third-order valence-electron chi connectivity index (χ3n) is 5.24. The molecule has 8 heteroatoms. The zero-order valence-electron chi connectivity index (χ0n) is 16.7. The molecule has 1 aromatic heterocycles. The van der Waals surface area contributed by atoms with E-state index in [1.165, 1.54) is 0 Å². The molecule has 1 N–H and O–H groups in total. The van der Waals surface area contributed by atoms with Crippen LogP contribution in [0.2, 0.25) is 5.02 Å². The number of methoxy groups -OCH3 is 1. The lowest BCUT2D eigenvalue weighted by atomic mass is 9.96. The van der Waals surface area contributed by atoms with E-state index in [0.717, 1.165) is 42.9 Å². The molecule has 0 saturated carbocycles. The van der Waals surface area contributed by atoms with Gasteiger partial charge in [0.1, 0.15) is 5.75 Å². The van der Waals surface area contributed by atoms with Crippen molar-refractivity contribution in [1.82, 2.24) is 15.0 Å². The van der Waals surface area contributed by atoms with Crippen LogP contribution in [0.5, 0.6) is 5.75 Å². The lowest BCUT2D eigenvalue weighted by Crippen LogP contribution is -2.37. The number of carbonyl (C=O) groups is 1. The number of aromatic nitrogens is 2. The van der Waals surface area contributed by atoms with Gasteiger partial charge in [0.05, 0.1) is 18.7 Å². The van der Waals surface area contributed by atoms with E-state index in [9.17, 15) is 4.79 Å². The molecule has 4 rings (SSSR count). The number of hydrogen-bond donors (Lipinski definition) is 1. The van der Waals surface area contributed by atoms with Crippen molar-refractivity contribution in [2.24, 2.45) is 5.92 Å². The number of piperidine rings is 1. The fourth-order valence-electron chi connectivity index (χ4n) is 3.56. The van der Waals surface area contributed by atoms with E-state index in [1.54, 1.807) is 13.2 Å². The van der Waals surface area contributed by atoms with E-state index < -0.39 is 0 Å². The molecule has 0 spiro atoms. The van der Waals surface area contributed by atoms with Crippen molar-refractivity contribution >= 4 is 23.2 Å². The summed E-state index contributed by atoms with van der Waals surface area (Å²) in [6.07, 6.45) is 1.56. The minimum absolute atomic E-state index is 0.0196. The largest absolute Gasteiger partial charge is 0.497 e. The Morgan fingerprint density at radius 3 is 2.80 bits per heavy atom. The number of nitrogens with one attached hydrogen (secondary N) is 1. The van der Waals surface area contributed by atoms with E-state index in [1.807, 2.05) is 42.5 Å². The Morgan fingerprint density at radius 2 is 2.03 bits per heavy atom. The fourth-order valence-corrected chi connectivity index (χ4v) is 3.78. The van der Waals surface area contributed by atoms with Crippen LogP contribution < -0.4 is 10.1 Å². The SMILES string of the molecule is COc1cccc(NC(=O)C2CCN(Cc3nc(-c4ccccc4Cl)no3)CC2)c1. The van der Waals surface area contributed by atoms with Crippen LogP contribution in [-0.2, 0) is 11.3 Å². The summed E-state index contributed by atoms with van der Waals surface area (Å²) in [4.78, 5) is 19.3. The predicted octanol–water partition coefficient (Wildman–Crippen LogP) is 4.25. The second kappa shape index (κ2) is 9.28. The highest BCUT2D eigenvalue weighted by Crippen LogP contribution is 2.26. The highest BCUT2D eigenvalue weighted by molar-refractivity contribution is 6.33. The number of halogens is 1. The molecule has 0 atom stereocenters. The van der Waals surface area contributed by atoms with Crippen LogP contribution >= 0.6 is 11.6 Å². The maximum atomic E-state index is 12.6. The molecule has 3 aromatic rings. The number of ether oxygens (including phenoxy) is 1. The van der Waals surface area contributed by atoms with Crippen LogP contribution in [0.15, 0.2) is 53.1 Å². The first kappa shape index (κ1) is 20.4. The van der Waals surface area contributed by atoms with Crippen molar-refractivity contribution in [3.8, 4) is 17.1 Å². The molecule has 0 aliphatic carbocycles. The third kappa shape index (κ3) is 4.80. The van der Waals surface area contributed by atoms with Gasteiger partial charge in [-0.25, -0.2) is 0 Å². The van der Waals surface area contributed by atoms with E-state index in [-0.39, 0.29) is 11.8 Å². The molecule has 2 aromatic carbocycles. The third-order valence-corrected chi connectivity index (χ3v) is 5.57. The standard InChI is InChI=1S/C22H23ClN4O3/c1-29-17-6-4-5-16(13-17)24-22(28)15-9-11-27(12-10-15)14-20-25-21(26-30-20)18-7-2-3-8-19(18)23/h2-8,13,15H,9-12,14H2,1H3,(H,24,28). The average Bonchev–Trinajstić information content (AvgIpc) is 3.23. The predicted molar refractivity (Wildman–Crippen MR) is 114 cm³/mol. The van der Waals surface area contributed by atoms with Gasteiger partial charge in [0.25, 0.3) is 0 Å².